The lowest BCUT2D eigenvalue weighted by Crippen LogP contribution is -2.15. The predicted octanol–water partition coefficient (Wildman–Crippen LogP) is 4.30. The number of carbonyl (C=O) groups is 1. The van der Waals surface area contributed by atoms with Crippen molar-refractivity contribution < 1.29 is 9.90 Å². The van der Waals surface area contributed by atoms with E-state index in [-0.39, 0.29) is 5.41 Å². The Morgan fingerprint density at radius 3 is 2.42 bits per heavy atom. The van der Waals surface area contributed by atoms with E-state index in [2.05, 4.69) is 20.9 Å². The molecule has 19 heavy (non-hydrogen) atoms. The Balaban J connectivity index is 2.92. The van der Waals surface area contributed by atoms with Gasteiger partial charge in [-0.1, -0.05) is 36.7 Å². The first-order valence-electron chi connectivity index (χ1n) is 6.05. The van der Waals surface area contributed by atoms with Gasteiger partial charge in [-0.25, -0.2) is 4.79 Å². The van der Waals surface area contributed by atoms with Gasteiger partial charge in [0.1, 0.15) is 0 Å². The molecule has 1 N–H and O–H groups in total. The van der Waals surface area contributed by atoms with Crippen molar-refractivity contribution in [3.8, 4) is 0 Å². The van der Waals surface area contributed by atoms with E-state index >= 15 is 0 Å². The summed E-state index contributed by atoms with van der Waals surface area (Å²) in [5, 5.41) is 10.1. The number of hydrogen-bond acceptors (Lipinski definition) is 2. The highest BCUT2D eigenvalue weighted by molar-refractivity contribution is 9.10. The number of benzene rings is 1. The highest BCUT2D eigenvalue weighted by Crippen LogP contribution is 2.30. The standard InChI is InChI=1S/C15H16BrNO2/c1-8-5-9(16)6-10-11(14(18)19)7-12(15(2,3)4)17-13(8)10/h5-7H,1-4H3,(H,18,19). The molecule has 0 fully saturated rings. The van der Waals surface area contributed by atoms with Gasteiger partial charge in [-0.05, 0) is 30.7 Å². The molecule has 0 radical (unpaired) electrons. The minimum Gasteiger partial charge on any atom is -0.478 e. The molecule has 1 heterocycles. The number of halogens is 1. The summed E-state index contributed by atoms with van der Waals surface area (Å²) >= 11 is 3.40. The number of hydrogen-bond donors (Lipinski definition) is 1. The van der Waals surface area contributed by atoms with Gasteiger partial charge in [-0.2, -0.15) is 0 Å². The third-order valence-electron chi connectivity index (χ3n) is 3.07. The molecule has 0 unspecified atom stereocenters. The molecular weight excluding hydrogens is 306 g/mol. The molecule has 0 spiro atoms. The second kappa shape index (κ2) is 4.60. The van der Waals surface area contributed by atoms with E-state index in [0.717, 1.165) is 21.2 Å². The van der Waals surface area contributed by atoms with Crippen LogP contribution in [0.25, 0.3) is 10.9 Å². The molecular formula is C15H16BrNO2. The molecule has 0 atom stereocenters. The SMILES string of the molecule is Cc1cc(Br)cc2c(C(=O)O)cc(C(C)(C)C)nc12. The van der Waals surface area contributed by atoms with Crippen LogP contribution in [0.1, 0.15) is 42.4 Å². The minimum atomic E-state index is -0.921. The molecule has 1 aromatic heterocycles. The molecule has 100 valence electrons. The van der Waals surface area contributed by atoms with Crippen LogP contribution in [0.2, 0.25) is 0 Å². The monoisotopic (exact) mass is 321 g/mol. The fourth-order valence-corrected chi connectivity index (χ4v) is 2.59. The quantitative estimate of drug-likeness (QED) is 0.851. The molecule has 0 amide bonds. The Kier molecular flexibility index (Phi) is 3.39. The van der Waals surface area contributed by atoms with Gasteiger partial charge < -0.3 is 5.11 Å². The Morgan fingerprint density at radius 2 is 1.89 bits per heavy atom. The van der Waals surface area contributed by atoms with E-state index in [9.17, 15) is 9.90 Å². The molecule has 0 saturated heterocycles. The van der Waals surface area contributed by atoms with E-state index in [1.807, 2.05) is 39.8 Å². The third kappa shape index (κ3) is 2.63. The lowest BCUT2D eigenvalue weighted by Gasteiger charge is -2.20. The topological polar surface area (TPSA) is 50.2 Å². The van der Waals surface area contributed by atoms with Crippen molar-refractivity contribution in [2.24, 2.45) is 0 Å². The number of aromatic nitrogens is 1. The number of carboxylic acids is 1. The summed E-state index contributed by atoms with van der Waals surface area (Å²) in [6.07, 6.45) is 0. The van der Waals surface area contributed by atoms with Crippen molar-refractivity contribution in [3.05, 3.63) is 39.5 Å². The third-order valence-corrected chi connectivity index (χ3v) is 3.53. The molecule has 4 heteroatoms. The van der Waals surface area contributed by atoms with Crippen molar-refractivity contribution >= 4 is 32.8 Å². The normalized spacial score (nSPS) is 11.8. The number of carboxylic acid groups (broad SMARTS) is 1. The van der Waals surface area contributed by atoms with E-state index in [1.165, 1.54) is 0 Å². The van der Waals surface area contributed by atoms with E-state index < -0.39 is 5.97 Å². The smallest absolute Gasteiger partial charge is 0.336 e. The van der Waals surface area contributed by atoms with Crippen molar-refractivity contribution in [1.29, 1.82) is 0 Å². The maximum Gasteiger partial charge on any atom is 0.336 e. The number of aryl methyl sites for hydroxylation is 1. The van der Waals surface area contributed by atoms with Crippen LogP contribution in [0, 0.1) is 6.92 Å². The van der Waals surface area contributed by atoms with Crippen LogP contribution < -0.4 is 0 Å². The van der Waals surface area contributed by atoms with Crippen LogP contribution in [0.5, 0.6) is 0 Å². The largest absolute Gasteiger partial charge is 0.478 e. The number of pyridine rings is 1. The molecule has 1 aromatic carbocycles. The van der Waals surface area contributed by atoms with Crippen LogP contribution in [-0.4, -0.2) is 16.1 Å². The van der Waals surface area contributed by atoms with Gasteiger partial charge in [-0.3, -0.25) is 4.98 Å². The maximum absolute atomic E-state index is 11.5. The highest BCUT2D eigenvalue weighted by Gasteiger charge is 2.21. The average molecular weight is 322 g/mol. The predicted molar refractivity (Wildman–Crippen MR) is 79.8 cm³/mol. The van der Waals surface area contributed by atoms with Crippen molar-refractivity contribution in [1.82, 2.24) is 4.98 Å². The van der Waals surface area contributed by atoms with Gasteiger partial charge in [-0.15, -0.1) is 0 Å². The summed E-state index contributed by atoms with van der Waals surface area (Å²) < 4.78 is 0.866. The van der Waals surface area contributed by atoms with E-state index in [1.54, 1.807) is 6.07 Å². The Morgan fingerprint density at radius 1 is 1.26 bits per heavy atom. The summed E-state index contributed by atoms with van der Waals surface area (Å²) in [6.45, 7) is 8.03. The van der Waals surface area contributed by atoms with Crippen LogP contribution in [0.3, 0.4) is 0 Å². The molecule has 2 aromatic rings. The first-order chi connectivity index (χ1) is 8.70. The first kappa shape index (κ1) is 14.0. The van der Waals surface area contributed by atoms with Crippen molar-refractivity contribution in [2.75, 3.05) is 0 Å². The fourth-order valence-electron chi connectivity index (χ4n) is 2.02. The van der Waals surface area contributed by atoms with Crippen LogP contribution >= 0.6 is 15.9 Å². The van der Waals surface area contributed by atoms with E-state index in [4.69, 9.17) is 0 Å². The van der Waals surface area contributed by atoms with Crippen LogP contribution in [-0.2, 0) is 5.41 Å². The number of nitrogens with zero attached hydrogens (tertiary/aromatic N) is 1. The van der Waals surface area contributed by atoms with Gasteiger partial charge in [0.25, 0.3) is 0 Å². The molecule has 3 nitrogen and oxygen atoms in total. The molecule has 2 rings (SSSR count). The maximum atomic E-state index is 11.5. The van der Waals surface area contributed by atoms with Crippen LogP contribution in [0.15, 0.2) is 22.7 Å². The molecule has 0 aliphatic rings. The van der Waals surface area contributed by atoms with Crippen molar-refractivity contribution in [3.63, 3.8) is 0 Å². The second-order valence-corrected chi connectivity index (χ2v) is 6.64. The summed E-state index contributed by atoms with van der Waals surface area (Å²) in [5.74, 6) is -0.921. The summed E-state index contributed by atoms with van der Waals surface area (Å²) in [7, 11) is 0. The first-order valence-corrected chi connectivity index (χ1v) is 6.84. The van der Waals surface area contributed by atoms with Crippen molar-refractivity contribution in [2.45, 2.75) is 33.1 Å². The molecule has 0 aliphatic heterocycles. The van der Waals surface area contributed by atoms with E-state index in [0.29, 0.717) is 10.9 Å². The minimum absolute atomic E-state index is 0.183. The fraction of sp³-hybridized carbons (Fsp3) is 0.333. The lowest BCUT2D eigenvalue weighted by atomic mass is 9.89. The zero-order valence-electron chi connectivity index (χ0n) is 11.4. The molecule has 0 bridgehead atoms. The number of aromatic carboxylic acids is 1. The molecule has 0 saturated carbocycles. The Bertz CT molecular complexity index is 672. The zero-order valence-corrected chi connectivity index (χ0v) is 13.0. The highest BCUT2D eigenvalue weighted by atomic mass is 79.9. The van der Waals surface area contributed by atoms with Gasteiger partial charge in [0.15, 0.2) is 0 Å². The summed E-state index contributed by atoms with van der Waals surface area (Å²) in [6, 6.07) is 5.44. The lowest BCUT2D eigenvalue weighted by molar-refractivity contribution is 0.0699. The Labute approximate surface area is 120 Å². The number of rotatable bonds is 1. The van der Waals surface area contributed by atoms with Gasteiger partial charge in [0.2, 0.25) is 0 Å². The van der Waals surface area contributed by atoms with Gasteiger partial charge in [0.05, 0.1) is 11.1 Å². The molecule has 0 aliphatic carbocycles. The summed E-state index contributed by atoms with van der Waals surface area (Å²) in [5.41, 5.74) is 2.64. The second-order valence-electron chi connectivity index (χ2n) is 5.73. The summed E-state index contributed by atoms with van der Waals surface area (Å²) in [4.78, 5) is 16.1. The average Bonchev–Trinajstić information content (AvgIpc) is 2.25. The number of fused-ring (bicyclic) bond motifs is 1. The van der Waals surface area contributed by atoms with Crippen LogP contribution in [0.4, 0.5) is 0 Å². The van der Waals surface area contributed by atoms with Gasteiger partial charge >= 0.3 is 5.97 Å². The zero-order chi connectivity index (χ0) is 14.4. The Hall–Kier alpha value is -1.42. The van der Waals surface area contributed by atoms with Gasteiger partial charge in [0, 0.05) is 21.0 Å².